The lowest BCUT2D eigenvalue weighted by Gasteiger charge is -2.22. The smallest absolute Gasteiger partial charge is 0.157 e. The summed E-state index contributed by atoms with van der Waals surface area (Å²) >= 11 is 0. The molecule has 1 fully saturated rings. The van der Waals surface area contributed by atoms with E-state index in [2.05, 4.69) is 9.97 Å². The van der Waals surface area contributed by atoms with Crippen molar-refractivity contribution in [3.05, 3.63) is 23.8 Å². The summed E-state index contributed by atoms with van der Waals surface area (Å²) in [6, 6.07) is 0. The van der Waals surface area contributed by atoms with Crippen LogP contribution >= 0.6 is 0 Å². The molecule has 1 aromatic rings. The van der Waals surface area contributed by atoms with Gasteiger partial charge in [0.25, 0.3) is 0 Å². The molecular weight excluding hydrogens is 258 g/mol. The van der Waals surface area contributed by atoms with E-state index >= 15 is 0 Å². The number of nitrogens with zero attached hydrogens (tertiary/aromatic N) is 3. The zero-order chi connectivity index (χ0) is 14.2. The second kappa shape index (κ2) is 8.26. The van der Waals surface area contributed by atoms with Crippen LogP contribution < -0.4 is 0 Å². The molecule has 0 spiro atoms. The highest BCUT2D eigenvalue weighted by atomic mass is 16.5. The maximum atomic E-state index is 8.98. The maximum Gasteiger partial charge on any atom is 0.157 e. The molecule has 1 aromatic heterocycles. The van der Waals surface area contributed by atoms with E-state index in [0.29, 0.717) is 19.6 Å². The zero-order valence-corrected chi connectivity index (χ0v) is 11.7. The first-order valence-corrected chi connectivity index (χ1v) is 7.20. The first kappa shape index (κ1) is 15.3. The second-order valence-electron chi connectivity index (χ2n) is 5.03. The monoisotopic (exact) mass is 281 g/mol. The van der Waals surface area contributed by atoms with Crippen LogP contribution in [0.3, 0.4) is 0 Å². The first-order chi connectivity index (χ1) is 9.83. The molecule has 1 saturated heterocycles. The number of hydrogen-bond acceptors (Lipinski definition) is 6. The summed E-state index contributed by atoms with van der Waals surface area (Å²) in [7, 11) is 0. The quantitative estimate of drug-likeness (QED) is 0.758. The molecule has 2 heterocycles. The van der Waals surface area contributed by atoms with Gasteiger partial charge in [0.1, 0.15) is 6.10 Å². The number of ether oxygens (including phenoxy) is 1. The van der Waals surface area contributed by atoms with Gasteiger partial charge in [-0.25, -0.2) is 9.97 Å². The van der Waals surface area contributed by atoms with Crippen LogP contribution in [0.2, 0.25) is 0 Å². The van der Waals surface area contributed by atoms with Crippen molar-refractivity contribution in [2.24, 2.45) is 0 Å². The van der Waals surface area contributed by atoms with Crippen LogP contribution in [0, 0.1) is 0 Å². The summed E-state index contributed by atoms with van der Waals surface area (Å²) in [5.41, 5.74) is 0.978. The molecule has 6 nitrogen and oxygen atoms in total. The lowest BCUT2D eigenvalue weighted by Crippen LogP contribution is -2.29. The summed E-state index contributed by atoms with van der Waals surface area (Å²) < 4.78 is 5.66. The zero-order valence-electron chi connectivity index (χ0n) is 11.7. The van der Waals surface area contributed by atoms with Gasteiger partial charge in [-0.05, 0) is 19.3 Å². The van der Waals surface area contributed by atoms with Crippen LogP contribution in [0.4, 0.5) is 0 Å². The van der Waals surface area contributed by atoms with Gasteiger partial charge in [0, 0.05) is 44.2 Å². The first-order valence-electron chi connectivity index (χ1n) is 7.20. The van der Waals surface area contributed by atoms with Crippen molar-refractivity contribution in [2.75, 3.05) is 32.9 Å². The van der Waals surface area contributed by atoms with Crippen molar-refractivity contribution in [3.8, 4) is 0 Å². The van der Waals surface area contributed by atoms with E-state index in [-0.39, 0.29) is 19.3 Å². The number of aliphatic hydroxyl groups is 2. The Labute approximate surface area is 119 Å². The second-order valence-corrected chi connectivity index (χ2v) is 5.03. The van der Waals surface area contributed by atoms with Gasteiger partial charge >= 0.3 is 0 Å². The summed E-state index contributed by atoms with van der Waals surface area (Å²) in [6.45, 7) is 2.65. The fourth-order valence-corrected chi connectivity index (χ4v) is 2.37. The largest absolute Gasteiger partial charge is 0.395 e. The third-order valence-electron chi connectivity index (χ3n) is 3.43. The van der Waals surface area contributed by atoms with Crippen molar-refractivity contribution in [1.82, 2.24) is 14.9 Å². The SMILES string of the molecule is OCCN(CCO)Cc1cnc([C@H]2CCCCO2)nc1. The lowest BCUT2D eigenvalue weighted by molar-refractivity contribution is 0.00938. The minimum Gasteiger partial charge on any atom is -0.395 e. The van der Waals surface area contributed by atoms with Gasteiger partial charge in [-0.2, -0.15) is 0 Å². The van der Waals surface area contributed by atoms with Gasteiger partial charge in [-0.15, -0.1) is 0 Å². The minimum atomic E-state index is 0.0313. The topological polar surface area (TPSA) is 78.7 Å². The molecule has 0 radical (unpaired) electrons. The van der Waals surface area contributed by atoms with E-state index in [0.717, 1.165) is 37.3 Å². The van der Waals surface area contributed by atoms with Crippen LogP contribution in [0.5, 0.6) is 0 Å². The predicted octanol–water partition coefficient (Wildman–Crippen LogP) is 0.505. The third-order valence-corrected chi connectivity index (χ3v) is 3.43. The van der Waals surface area contributed by atoms with Gasteiger partial charge in [0.2, 0.25) is 0 Å². The molecule has 0 aliphatic carbocycles. The number of aliphatic hydroxyl groups excluding tert-OH is 2. The standard InChI is InChI=1S/C14H23N3O3/c18-6-4-17(5-7-19)11-12-9-15-14(16-10-12)13-3-1-2-8-20-13/h9-10,13,18-19H,1-8,11H2/t13-/m1/s1. The van der Waals surface area contributed by atoms with E-state index in [1.165, 1.54) is 0 Å². The molecule has 0 aromatic carbocycles. The number of hydrogen-bond donors (Lipinski definition) is 2. The van der Waals surface area contributed by atoms with Gasteiger partial charge < -0.3 is 14.9 Å². The Hall–Kier alpha value is -1.08. The summed E-state index contributed by atoms with van der Waals surface area (Å²) in [4.78, 5) is 10.7. The Bertz CT molecular complexity index is 374. The molecule has 0 saturated carbocycles. The third kappa shape index (κ3) is 4.49. The maximum absolute atomic E-state index is 8.98. The highest BCUT2D eigenvalue weighted by Crippen LogP contribution is 2.24. The average molecular weight is 281 g/mol. The molecule has 20 heavy (non-hydrogen) atoms. The molecule has 0 bridgehead atoms. The van der Waals surface area contributed by atoms with Crippen molar-refractivity contribution < 1.29 is 14.9 Å². The lowest BCUT2D eigenvalue weighted by atomic mass is 10.1. The van der Waals surface area contributed by atoms with E-state index < -0.39 is 0 Å². The Kier molecular flexibility index (Phi) is 6.32. The van der Waals surface area contributed by atoms with Crippen molar-refractivity contribution >= 4 is 0 Å². The fourth-order valence-electron chi connectivity index (χ4n) is 2.37. The van der Waals surface area contributed by atoms with E-state index in [9.17, 15) is 0 Å². The van der Waals surface area contributed by atoms with Crippen LogP contribution in [0.25, 0.3) is 0 Å². The summed E-state index contributed by atoms with van der Waals surface area (Å²) in [5, 5.41) is 18.0. The number of rotatable bonds is 7. The van der Waals surface area contributed by atoms with Crippen molar-refractivity contribution in [3.63, 3.8) is 0 Å². The van der Waals surface area contributed by atoms with Crippen LogP contribution in [0.15, 0.2) is 12.4 Å². The van der Waals surface area contributed by atoms with Crippen molar-refractivity contribution in [1.29, 1.82) is 0 Å². The summed E-state index contributed by atoms with van der Waals surface area (Å²) in [5.74, 6) is 0.754. The van der Waals surface area contributed by atoms with Gasteiger partial charge in [-0.3, -0.25) is 4.90 Å². The highest BCUT2D eigenvalue weighted by Gasteiger charge is 2.18. The molecule has 1 atom stereocenters. The van der Waals surface area contributed by atoms with E-state index in [4.69, 9.17) is 14.9 Å². The van der Waals surface area contributed by atoms with Crippen molar-refractivity contribution in [2.45, 2.75) is 31.9 Å². The Balaban J connectivity index is 1.92. The number of aromatic nitrogens is 2. The molecule has 0 unspecified atom stereocenters. The molecule has 112 valence electrons. The molecule has 0 amide bonds. The van der Waals surface area contributed by atoms with Gasteiger partial charge in [0.15, 0.2) is 5.82 Å². The van der Waals surface area contributed by atoms with Crippen LogP contribution in [-0.2, 0) is 11.3 Å². The molecule has 1 aliphatic heterocycles. The Morgan fingerprint density at radius 2 is 1.85 bits per heavy atom. The molecule has 2 N–H and O–H groups in total. The van der Waals surface area contributed by atoms with Gasteiger partial charge in [0.05, 0.1) is 13.2 Å². The minimum absolute atomic E-state index is 0.0313. The van der Waals surface area contributed by atoms with Crippen LogP contribution in [-0.4, -0.2) is 58.0 Å². The molecule has 6 heteroatoms. The normalized spacial score (nSPS) is 19.4. The summed E-state index contributed by atoms with van der Waals surface area (Å²) in [6.07, 6.45) is 6.91. The highest BCUT2D eigenvalue weighted by molar-refractivity contribution is 5.06. The molecular formula is C14H23N3O3. The van der Waals surface area contributed by atoms with Crippen LogP contribution in [0.1, 0.15) is 36.8 Å². The Morgan fingerprint density at radius 3 is 2.40 bits per heavy atom. The average Bonchev–Trinajstić information content (AvgIpc) is 2.49. The molecule has 2 rings (SSSR count). The van der Waals surface area contributed by atoms with E-state index in [1.54, 1.807) is 0 Å². The molecule has 1 aliphatic rings. The fraction of sp³-hybridized carbons (Fsp3) is 0.714. The predicted molar refractivity (Wildman–Crippen MR) is 74.0 cm³/mol. The van der Waals surface area contributed by atoms with Gasteiger partial charge in [-0.1, -0.05) is 0 Å². The Morgan fingerprint density at radius 1 is 1.15 bits per heavy atom. The van der Waals surface area contributed by atoms with E-state index in [1.807, 2.05) is 17.3 Å².